The van der Waals surface area contributed by atoms with E-state index in [1.165, 1.54) is 10.4 Å². The normalized spacial score (nSPS) is 20.0. The number of carbonyl (C=O) groups is 1. The number of sulfonamides is 1. The lowest BCUT2D eigenvalue weighted by atomic mass is 9.98. The van der Waals surface area contributed by atoms with Gasteiger partial charge in [-0.05, 0) is 44.4 Å². The first kappa shape index (κ1) is 18.7. The number of carbonyl (C=O) groups excluding carboxylic acids is 1. The smallest absolute Gasteiger partial charge is 0.276 e. The molecule has 0 bridgehead atoms. The lowest BCUT2D eigenvalue weighted by molar-refractivity contribution is -0.126. The minimum atomic E-state index is -3.78. The van der Waals surface area contributed by atoms with Gasteiger partial charge in [0.25, 0.3) is 10.0 Å². The lowest BCUT2D eigenvalue weighted by Gasteiger charge is -2.31. The number of aromatic amines is 1. The topological polar surface area (TPSA) is 108 Å². The molecule has 3 heterocycles. The van der Waals surface area contributed by atoms with E-state index in [1.54, 1.807) is 18.3 Å². The number of nitrogens with zero attached hydrogens (tertiary/aromatic N) is 2. The molecule has 0 aliphatic carbocycles. The van der Waals surface area contributed by atoms with Crippen LogP contribution in [0.4, 0.5) is 0 Å². The summed E-state index contributed by atoms with van der Waals surface area (Å²) >= 11 is 0. The number of rotatable bonds is 6. The zero-order chi connectivity index (χ0) is 18.7. The fourth-order valence-electron chi connectivity index (χ4n) is 2.96. The molecule has 0 saturated carbocycles. The summed E-state index contributed by atoms with van der Waals surface area (Å²) < 4.78 is 32.6. The van der Waals surface area contributed by atoms with Crippen molar-refractivity contribution < 1.29 is 17.6 Å². The molecule has 1 fully saturated rings. The third-order valence-corrected chi connectivity index (χ3v) is 6.44. The van der Waals surface area contributed by atoms with Crippen molar-refractivity contribution >= 4 is 15.9 Å². The quantitative estimate of drug-likeness (QED) is 0.797. The number of hydrogen-bond acceptors (Lipinski definition) is 5. The van der Waals surface area contributed by atoms with Crippen LogP contribution in [0.2, 0.25) is 0 Å². The number of nitrogens with one attached hydrogen (secondary N) is 2. The van der Waals surface area contributed by atoms with Crippen LogP contribution in [0.3, 0.4) is 0 Å². The minimum Gasteiger partial charge on any atom is -0.442 e. The molecule has 1 aliphatic rings. The Morgan fingerprint density at radius 3 is 2.96 bits per heavy atom. The van der Waals surface area contributed by atoms with Crippen LogP contribution in [0.5, 0.6) is 0 Å². The Kier molecular flexibility index (Phi) is 5.47. The van der Waals surface area contributed by atoms with Crippen molar-refractivity contribution in [3.05, 3.63) is 24.4 Å². The van der Waals surface area contributed by atoms with Crippen molar-refractivity contribution in [3.8, 4) is 11.5 Å². The highest BCUT2D eigenvalue weighted by Gasteiger charge is 2.35. The third-order valence-electron chi connectivity index (χ3n) is 4.70. The molecular formula is C17H24N4O4S. The molecule has 26 heavy (non-hydrogen) atoms. The van der Waals surface area contributed by atoms with Crippen LogP contribution >= 0.6 is 0 Å². The van der Waals surface area contributed by atoms with Crippen LogP contribution < -0.4 is 5.32 Å². The van der Waals surface area contributed by atoms with Crippen molar-refractivity contribution in [1.29, 1.82) is 0 Å². The molecule has 1 amide bonds. The number of aromatic nitrogens is 2. The molecule has 0 spiro atoms. The summed E-state index contributed by atoms with van der Waals surface area (Å²) in [6.45, 7) is 4.49. The SMILES string of the molecule is CC[C@H](C)NC(=O)[C@H]1CCCN(S(=O)(=O)c2ccc(-c3ccn[nH]3)o2)C1. The predicted octanol–water partition coefficient (Wildman–Crippen LogP) is 1.99. The molecule has 1 aliphatic heterocycles. The second kappa shape index (κ2) is 7.63. The fourth-order valence-corrected chi connectivity index (χ4v) is 4.40. The maximum absolute atomic E-state index is 12.9. The van der Waals surface area contributed by atoms with Gasteiger partial charge < -0.3 is 9.73 Å². The third kappa shape index (κ3) is 3.83. The molecule has 2 aromatic heterocycles. The summed E-state index contributed by atoms with van der Waals surface area (Å²) in [5.41, 5.74) is 0.607. The molecule has 2 atom stereocenters. The number of piperidine rings is 1. The van der Waals surface area contributed by atoms with Crippen molar-refractivity contribution in [1.82, 2.24) is 19.8 Å². The van der Waals surface area contributed by atoms with Gasteiger partial charge in [-0.1, -0.05) is 6.92 Å². The van der Waals surface area contributed by atoms with Gasteiger partial charge in [-0.25, -0.2) is 8.42 Å². The first-order valence-corrected chi connectivity index (χ1v) is 10.3. The maximum atomic E-state index is 12.9. The zero-order valence-corrected chi connectivity index (χ0v) is 15.8. The van der Waals surface area contributed by atoms with Crippen LogP contribution in [0.15, 0.2) is 33.9 Å². The van der Waals surface area contributed by atoms with Crippen molar-refractivity contribution in [2.75, 3.05) is 13.1 Å². The highest BCUT2D eigenvalue weighted by atomic mass is 32.2. The van der Waals surface area contributed by atoms with Crippen molar-refractivity contribution in [2.45, 2.75) is 44.2 Å². The monoisotopic (exact) mass is 380 g/mol. The van der Waals surface area contributed by atoms with E-state index >= 15 is 0 Å². The van der Waals surface area contributed by atoms with E-state index in [0.29, 0.717) is 30.8 Å². The predicted molar refractivity (Wildman–Crippen MR) is 95.7 cm³/mol. The van der Waals surface area contributed by atoms with Gasteiger partial charge in [0.05, 0.1) is 5.92 Å². The second-order valence-corrected chi connectivity index (χ2v) is 8.48. The van der Waals surface area contributed by atoms with Crippen LogP contribution in [0, 0.1) is 5.92 Å². The Labute approximate surface area is 153 Å². The highest BCUT2D eigenvalue weighted by Crippen LogP contribution is 2.28. The fraction of sp³-hybridized carbons (Fsp3) is 0.529. The number of hydrogen-bond donors (Lipinski definition) is 2. The molecule has 3 rings (SSSR count). The van der Waals surface area contributed by atoms with Crippen LogP contribution in [-0.2, 0) is 14.8 Å². The number of furan rings is 1. The summed E-state index contributed by atoms with van der Waals surface area (Å²) in [4.78, 5) is 12.4. The maximum Gasteiger partial charge on any atom is 0.276 e. The van der Waals surface area contributed by atoms with Gasteiger partial charge in [-0.15, -0.1) is 0 Å². The Bertz CT molecular complexity index is 844. The molecule has 2 aromatic rings. The molecular weight excluding hydrogens is 356 g/mol. The number of H-pyrrole nitrogens is 1. The van der Waals surface area contributed by atoms with E-state index in [0.717, 1.165) is 6.42 Å². The van der Waals surface area contributed by atoms with E-state index in [1.807, 2.05) is 13.8 Å². The van der Waals surface area contributed by atoms with Gasteiger partial charge in [-0.3, -0.25) is 9.89 Å². The number of amides is 1. The van der Waals surface area contributed by atoms with E-state index < -0.39 is 10.0 Å². The van der Waals surface area contributed by atoms with Crippen molar-refractivity contribution in [3.63, 3.8) is 0 Å². The van der Waals surface area contributed by atoms with Gasteiger partial charge in [0.15, 0.2) is 5.76 Å². The van der Waals surface area contributed by atoms with E-state index in [-0.39, 0.29) is 29.5 Å². The Morgan fingerprint density at radius 2 is 2.27 bits per heavy atom. The summed E-state index contributed by atoms with van der Waals surface area (Å²) in [5, 5.41) is 9.39. The standard InChI is InChI=1S/C17H24N4O4S/c1-3-12(2)19-17(22)13-5-4-10-21(11-13)26(23,24)16-7-6-15(25-16)14-8-9-18-20-14/h6-9,12-13H,3-5,10-11H2,1-2H3,(H,18,20)(H,19,22)/t12-,13-/m0/s1. The van der Waals surface area contributed by atoms with Gasteiger partial charge >= 0.3 is 0 Å². The lowest BCUT2D eigenvalue weighted by Crippen LogP contribution is -2.46. The summed E-state index contributed by atoms with van der Waals surface area (Å²) in [6, 6.07) is 4.81. The average molecular weight is 380 g/mol. The van der Waals surface area contributed by atoms with Crippen molar-refractivity contribution in [2.24, 2.45) is 5.92 Å². The molecule has 9 heteroatoms. The minimum absolute atomic E-state index is 0.0801. The molecule has 0 unspecified atom stereocenters. The summed E-state index contributed by atoms with van der Waals surface area (Å²) in [5.74, 6) is -0.0180. The first-order chi connectivity index (χ1) is 12.4. The average Bonchev–Trinajstić information content (AvgIpc) is 3.33. The molecule has 1 saturated heterocycles. The van der Waals surface area contributed by atoms with Gasteiger partial charge in [-0.2, -0.15) is 9.40 Å². The Balaban J connectivity index is 1.74. The van der Waals surface area contributed by atoms with E-state index in [4.69, 9.17) is 4.42 Å². The Morgan fingerprint density at radius 1 is 1.46 bits per heavy atom. The summed E-state index contributed by atoms with van der Waals surface area (Å²) in [7, 11) is -3.78. The largest absolute Gasteiger partial charge is 0.442 e. The van der Waals surface area contributed by atoms with E-state index in [2.05, 4.69) is 15.5 Å². The second-order valence-electron chi connectivity index (χ2n) is 6.61. The molecule has 2 N–H and O–H groups in total. The highest BCUT2D eigenvalue weighted by molar-refractivity contribution is 7.89. The molecule has 142 valence electrons. The first-order valence-electron chi connectivity index (χ1n) is 8.82. The van der Waals surface area contributed by atoms with Gasteiger partial charge in [0.2, 0.25) is 11.0 Å². The Hall–Kier alpha value is -2.13. The molecule has 0 radical (unpaired) electrons. The van der Waals surface area contributed by atoms with Gasteiger partial charge in [0, 0.05) is 25.3 Å². The molecule has 8 nitrogen and oxygen atoms in total. The molecule has 0 aromatic carbocycles. The summed E-state index contributed by atoms with van der Waals surface area (Å²) in [6.07, 6.45) is 3.73. The van der Waals surface area contributed by atoms with Crippen LogP contribution in [0.1, 0.15) is 33.1 Å². The van der Waals surface area contributed by atoms with Gasteiger partial charge in [0.1, 0.15) is 5.69 Å². The zero-order valence-electron chi connectivity index (χ0n) is 14.9. The van der Waals surface area contributed by atoms with Crippen LogP contribution in [-0.4, -0.2) is 48.0 Å². The van der Waals surface area contributed by atoms with E-state index in [9.17, 15) is 13.2 Å². The van der Waals surface area contributed by atoms with Crippen LogP contribution in [0.25, 0.3) is 11.5 Å².